The SMILES string of the molecule is c1ccc(-c2ccc(N(c3ccc(-c4cccc5c4oc4ccccc45)cc3)c3ccc(-c4cccc5ccccc45)c(-n4c5ccccc5c5ccccc54)c3)cc2)cc1. The van der Waals surface area contributed by atoms with Crippen molar-refractivity contribution < 1.29 is 4.42 Å². The molecule has 0 spiro atoms. The molecule has 12 aromatic rings. The van der Waals surface area contributed by atoms with Crippen LogP contribution in [0, 0.1) is 0 Å². The van der Waals surface area contributed by atoms with Gasteiger partial charge < -0.3 is 13.9 Å². The number of fused-ring (bicyclic) bond motifs is 7. The maximum atomic E-state index is 6.47. The van der Waals surface area contributed by atoms with Gasteiger partial charge in [0.1, 0.15) is 11.2 Å². The van der Waals surface area contributed by atoms with Gasteiger partial charge in [0.15, 0.2) is 0 Å². The zero-order valence-electron chi connectivity index (χ0n) is 33.2. The molecule has 0 unspecified atom stereocenters. The topological polar surface area (TPSA) is 21.3 Å². The lowest BCUT2D eigenvalue weighted by Gasteiger charge is -2.27. The van der Waals surface area contributed by atoms with E-state index in [-0.39, 0.29) is 0 Å². The van der Waals surface area contributed by atoms with E-state index >= 15 is 0 Å². The van der Waals surface area contributed by atoms with Crippen LogP contribution in [0.2, 0.25) is 0 Å². The molecule has 0 aliphatic rings. The standard InChI is InChI=1S/C58H38N2O/c1-2-14-39(15-3-1)40-28-32-43(33-29-40)59(44-34-30-42(31-35-44)47-22-13-24-53-52-21-8-11-27-57(52)61-58(47)53)45-36-37-51(48-23-12-17-41-16-4-5-18-46(41)48)56(38-45)60-54-25-9-6-19-49(54)50-20-7-10-26-55(50)60/h1-38H. The maximum Gasteiger partial charge on any atom is 0.143 e. The van der Waals surface area contributed by atoms with Crippen molar-refractivity contribution >= 4 is 71.6 Å². The van der Waals surface area contributed by atoms with Gasteiger partial charge in [-0.05, 0) is 87.6 Å². The molecule has 0 atom stereocenters. The Labute approximate surface area is 353 Å². The second kappa shape index (κ2) is 14.3. The Balaban J connectivity index is 1.08. The fourth-order valence-corrected chi connectivity index (χ4v) is 9.36. The molecular weight excluding hydrogens is 741 g/mol. The smallest absolute Gasteiger partial charge is 0.143 e. The molecule has 0 aliphatic heterocycles. The Hall–Kier alpha value is -8.14. The first-order valence-electron chi connectivity index (χ1n) is 20.8. The third-order valence-corrected chi connectivity index (χ3v) is 12.2. The molecule has 2 aromatic heterocycles. The summed E-state index contributed by atoms with van der Waals surface area (Å²) in [6, 6.07) is 83.0. The summed E-state index contributed by atoms with van der Waals surface area (Å²) < 4.78 is 8.93. The average Bonchev–Trinajstić information content (AvgIpc) is 3.88. The first kappa shape index (κ1) is 34.9. The molecule has 0 saturated carbocycles. The van der Waals surface area contributed by atoms with Crippen molar-refractivity contribution in [2.45, 2.75) is 0 Å². The van der Waals surface area contributed by atoms with E-state index in [1.54, 1.807) is 0 Å². The Morgan fingerprint density at radius 1 is 0.328 bits per heavy atom. The minimum Gasteiger partial charge on any atom is -0.455 e. The predicted molar refractivity (Wildman–Crippen MR) is 257 cm³/mol. The van der Waals surface area contributed by atoms with Crippen LogP contribution in [0.25, 0.3) is 93.6 Å². The summed E-state index contributed by atoms with van der Waals surface area (Å²) >= 11 is 0. The number of furan rings is 1. The van der Waals surface area contributed by atoms with Crippen molar-refractivity contribution in [1.82, 2.24) is 4.57 Å². The van der Waals surface area contributed by atoms with Crippen LogP contribution in [0.1, 0.15) is 0 Å². The van der Waals surface area contributed by atoms with Gasteiger partial charge in [-0.15, -0.1) is 0 Å². The van der Waals surface area contributed by atoms with E-state index in [0.717, 1.165) is 55.8 Å². The van der Waals surface area contributed by atoms with Crippen molar-refractivity contribution in [2.75, 3.05) is 4.90 Å². The lowest BCUT2D eigenvalue weighted by Crippen LogP contribution is -2.11. The number of hydrogen-bond donors (Lipinski definition) is 0. The highest BCUT2D eigenvalue weighted by Crippen LogP contribution is 2.44. The summed E-state index contributed by atoms with van der Waals surface area (Å²) in [5.41, 5.74) is 15.4. The molecule has 0 radical (unpaired) electrons. The van der Waals surface area contributed by atoms with Crippen molar-refractivity contribution in [3.05, 3.63) is 231 Å². The van der Waals surface area contributed by atoms with Crippen LogP contribution in [0.4, 0.5) is 17.1 Å². The summed E-state index contributed by atoms with van der Waals surface area (Å²) in [6.45, 7) is 0. The molecule has 0 fully saturated rings. The van der Waals surface area contributed by atoms with E-state index in [1.807, 2.05) is 12.1 Å². The van der Waals surface area contributed by atoms with E-state index in [1.165, 1.54) is 54.8 Å². The van der Waals surface area contributed by atoms with Gasteiger partial charge in [-0.2, -0.15) is 0 Å². The number of hydrogen-bond acceptors (Lipinski definition) is 2. The molecule has 0 aliphatic carbocycles. The number of para-hydroxylation sites is 4. The quantitative estimate of drug-likeness (QED) is 0.161. The fourth-order valence-electron chi connectivity index (χ4n) is 9.36. The minimum atomic E-state index is 0.901. The van der Waals surface area contributed by atoms with Gasteiger partial charge in [-0.25, -0.2) is 0 Å². The second-order valence-corrected chi connectivity index (χ2v) is 15.7. The molecule has 10 aromatic carbocycles. The number of rotatable bonds is 7. The second-order valence-electron chi connectivity index (χ2n) is 15.7. The molecule has 2 heterocycles. The van der Waals surface area contributed by atoms with Crippen LogP contribution in [0.15, 0.2) is 235 Å². The van der Waals surface area contributed by atoms with Crippen molar-refractivity contribution in [1.29, 1.82) is 0 Å². The molecule has 3 nitrogen and oxygen atoms in total. The number of aromatic nitrogens is 1. The molecule has 0 N–H and O–H groups in total. The number of benzene rings is 10. The zero-order chi connectivity index (χ0) is 40.3. The molecule has 61 heavy (non-hydrogen) atoms. The largest absolute Gasteiger partial charge is 0.455 e. The van der Waals surface area contributed by atoms with Crippen molar-refractivity contribution in [3.63, 3.8) is 0 Å². The normalized spacial score (nSPS) is 11.6. The fraction of sp³-hybridized carbons (Fsp3) is 0. The summed E-state index contributed by atoms with van der Waals surface area (Å²) in [6.07, 6.45) is 0. The molecule has 0 saturated heterocycles. The van der Waals surface area contributed by atoms with Crippen LogP contribution in [-0.2, 0) is 0 Å². The average molecular weight is 779 g/mol. The molecule has 3 heteroatoms. The monoisotopic (exact) mass is 778 g/mol. The molecule has 0 amide bonds. The summed E-state index contributed by atoms with van der Waals surface area (Å²) in [5.74, 6) is 0. The molecular formula is C58H38N2O. The molecule has 12 rings (SSSR count). The molecule has 0 bridgehead atoms. The van der Waals surface area contributed by atoms with Crippen LogP contribution >= 0.6 is 0 Å². The Kier molecular flexibility index (Phi) is 8.17. The van der Waals surface area contributed by atoms with E-state index in [0.29, 0.717) is 0 Å². The third kappa shape index (κ3) is 5.82. The van der Waals surface area contributed by atoms with Gasteiger partial charge >= 0.3 is 0 Å². The maximum absolute atomic E-state index is 6.47. The number of anilines is 3. The minimum absolute atomic E-state index is 0.901. The van der Waals surface area contributed by atoms with Crippen molar-refractivity contribution in [3.8, 4) is 39.1 Å². The van der Waals surface area contributed by atoms with Crippen molar-refractivity contribution in [2.24, 2.45) is 0 Å². The lowest BCUT2D eigenvalue weighted by molar-refractivity contribution is 0.670. The number of nitrogens with zero attached hydrogens (tertiary/aromatic N) is 2. The van der Waals surface area contributed by atoms with E-state index in [9.17, 15) is 0 Å². The van der Waals surface area contributed by atoms with E-state index < -0.39 is 0 Å². The van der Waals surface area contributed by atoms with Crippen LogP contribution in [-0.4, -0.2) is 4.57 Å². The van der Waals surface area contributed by atoms with Crippen LogP contribution < -0.4 is 4.90 Å². The highest BCUT2D eigenvalue weighted by atomic mass is 16.3. The lowest BCUT2D eigenvalue weighted by atomic mass is 9.96. The Morgan fingerprint density at radius 3 is 1.59 bits per heavy atom. The summed E-state index contributed by atoms with van der Waals surface area (Å²) in [7, 11) is 0. The summed E-state index contributed by atoms with van der Waals surface area (Å²) in [5, 5.41) is 7.17. The van der Waals surface area contributed by atoms with Gasteiger partial charge in [0.2, 0.25) is 0 Å². The van der Waals surface area contributed by atoms with E-state index in [4.69, 9.17) is 4.42 Å². The van der Waals surface area contributed by atoms with Gasteiger partial charge in [0.25, 0.3) is 0 Å². The Bertz CT molecular complexity index is 3520. The third-order valence-electron chi connectivity index (χ3n) is 12.2. The van der Waals surface area contributed by atoms with Gasteiger partial charge in [0, 0.05) is 49.7 Å². The highest BCUT2D eigenvalue weighted by Gasteiger charge is 2.21. The predicted octanol–water partition coefficient (Wildman–Crippen LogP) is 16.3. The zero-order valence-corrected chi connectivity index (χ0v) is 33.2. The molecule has 286 valence electrons. The highest BCUT2D eigenvalue weighted by molar-refractivity contribution is 6.11. The van der Waals surface area contributed by atoms with E-state index in [2.05, 4.69) is 228 Å². The van der Waals surface area contributed by atoms with Crippen LogP contribution in [0.5, 0.6) is 0 Å². The first-order valence-corrected chi connectivity index (χ1v) is 20.8. The summed E-state index contributed by atoms with van der Waals surface area (Å²) in [4.78, 5) is 2.38. The first-order chi connectivity index (χ1) is 30.3. The Morgan fingerprint density at radius 2 is 0.852 bits per heavy atom. The van der Waals surface area contributed by atoms with Crippen LogP contribution in [0.3, 0.4) is 0 Å². The van der Waals surface area contributed by atoms with Gasteiger partial charge in [0.05, 0.1) is 16.7 Å². The van der Waals surface area contributed by atoms with Gasteiger partial charge in [-0.3, -0.25) is 0 Å². The van der Waals surface area contributed by atoms with Gasteiger partial charge in [-0.1, -0.05) is 176 Å².